The molecule has 0 amide bonds. The normalized spacial score (nSPS) is 19.6. The maximum atomic E-state index is 5.80. The van der Waals surface area contributed by atoms with Gasteiger partial charge >= 0.3 is 0 Å². The summed E-state index contributed by atoms with van der Waals surface area (Å²) in [6.45, 7) is 7.64. The molecule has 2 rings (SSSR count). The molecule has 0 radical (unpaired) electrons. The van der Waals surface area contributed by atoms with E-state index in [0.29, 0.717) is 11.1 Å². The number of guanidine groups is 1. The maximum Gasteiger partial charge on any atom is 0.190 e. The topological polar surface area (TPSA) is 52.5 Å². The third-order valence-corrected chi connectivity index (χ3v) is 4.55. The van der Waals surface area contributed by atoms with E-state index in [-0.39, 0.29) is 0 Å². The molecule has 6 heteroatoms. The van der Waals surface area contributed by atoms with Crippen LogP contribution in [0.4, 0.5) is 0 Å². The molecule has 5 nitrogen and oxygen atoms in total. The lowest BCUT2D eigenvalue weighted by atomic mass is 9.98. The van der Waals surface area contributed by atoms with E-state index in [9.17, 15) is 0 Å². The Morgan fingerprint density at radius 1 is 1.43 bits per heavy atom. The fourth-order valence-electron chi connectivity index (χ4n) is 2.95. The van der Waals surface area contributed by atoms with Gasteiger partial charge in [0, 0.05) is 32.9 Å². The summed E-state index contributed by atoms with van der Waals surface area (Å²) in [7, 11) is 1.82. The maximum absolute atomic E-state index is 5.80. The molecule has 0 spiro atoms. The van der Waals surface area contributed by atoms with Gasteiger partial charge in [-0.2, -0.15) is 0 Å². The molecule has 0 aliphatic carbocycles. The van der Waals surface area contributed by atoms with Crippen LogP contribution in [0, 0.1) is 5.92 Å². The van der Waals surface area contributed by atoms with Gasteiger partial charge in [0.05, 0.1) is 0 Å². The van der Waals surface area contributed by atoms with E-state index in [1.807, 2.05) is 25.4 Å². The third-order valence-electron chi connectivity index (χ3n) is 4.33. The number of likely N-dealkylation sites (tertiary alicyclic amines) is 1. The smallest absolute Gasteiger partial charge is 0.190 e. The molecule has 128 valence electrons. The van der Waals surface area contributed by atoms with E-state index >= 15 is 0 Å². The molecule has 1 aromatic rings. The summed E-state index contributed by atoms with van der Waals surface area (Å²) in [5.74, 6) is 1.59. The average Bonchev–Trinajstić information content (AvgIpc) is 2.59. The second kappa shape index (κ2) is 9.73. The molecule has 0 bridgehead atoms. The number of hydrogen-bond acceptors (Lipinski definition) is 3. The van der Waals surface area contributed by atoms with Crippen molar-refractivity contribution >= 4 is 17.6 Å². The minimum absolute atomic E-state index is 0.535. The summed E-state index contributed by atoms with van der Waals surface area (Å²) in [6.07, 6.45) is 5.33. The predicted molar refractivity (Wildman–Crippen MR) is 97.2 cm³/mol. The van der Waals surface area contributed by atoms with Crippen molar-refractivity contribution in [1.29, 1.82) is 0 Å². The minimum atomic E-state index is 0.535. The molecule has 0 saturated carbocycles. The SMILES string of the molecule is CCN1CCCC(CNC(=NC)NCCc2ccc(Cl)nc2)C1. The van der Waals surface area contributed by atoms with E-state index in [2.05, 4.69) is 32.4 Å². The number of halogens is 1. The predicted octanol–water partition coefficient (Wildman–Crippen LogP) is 2.17. The fourth-order valence-corrected chi connectivity index (χ4v) is 3.06. The highest BCUT2D eigenvalue weighted by molar-refractivity contribution is 6.29. The first kappa shape index (κ1) is 18.0. The Kier molecular flexibility index (Phi) is 7.62. The van der Waals surface area contributed by atoms with Crippen molar-refractivity contribution in [3.05, 3.63) is 29.0 Å². The van der Waals surface area contributed by atoms with Gasteiger partial charge in [0.25, 0.3) is 0 Å². The van der Waals surface area contributed by atoms with E-state index in [0.717, 1.165) is 32.0 Å². The molecule has 1 saturated heterocycles. The molecule has 23 heavy (non-hydrogen) atoms. The van der Waals surface area contributed by atoms with Crippen LogP contribution in [0.2, 0.25) is 5.15 Å². The van der Waals surface area contributed by atoms with Crippen LogP contribution in [0.15, 0.2) is 23.3 Å². The highest BCUT2D eigenvalue weighted by atomic mass is 35.5. The number of aliphatic imine (C=N–C) groups is 1. The van der Waals surface area contributed by atoms with Gasteiger partial charge in [0.1, 0.15) is 5.15 Å². The van der Waals surface area contributed by atoms with E-state index < -0.39 is 0 Å². The Bertz CT molecular complexity index is 488. The van der Waals surface area contributed by atoms with Crippen LogP contribution in [-0.4, -0.2) is 55.6 Å². The summed E-state index contributed by atoms with van der Waals surface area (Å²) in [5.41, 5.74) is 1.17. The lowest BCUT2D eigenvalue weighted by Crippen LogP contribution is -2.44. The number of nitrogens with one attached hydrogen (secondary N) is 2. The van der Waals surface area contributed by atoms with Gasteiger partial charge in [-0.1, -0.05) is 24.6 Å². The summed E-state index contributed by atoms with van der Waals surface area (Å²) in [4.78, 5) is 10.9. The summed E-state index contributed by atoms with van der Waals surface area (Å²) < 4.78 is 0. The van der Waals surface area contributed by atoms with Crippen molar-refractivity contribution in [1.82, 2.24) is 20.5 Å². The van der Waals surface area contributed by atoms with E-state index in [1.165, 1.54) is 31.5 Å². The van der Waals surface area contributed by atoms with Crippen LogP contribution in [0.25, 0.3) is 0 Å². The molecule has 1 fully saturated rings. The Morgan fingerprint density at radius 2 is 2.30 bits per heavy atom. The lowest BCUT2D eigenvalue weighted by Gasteiger charge is -2.32. The van der Waals surface area contributed by atoms with E-state index in [1.54, 1.807) is 0 Å². The first-order chi connectivity index (χ1) is 11.2. The van der Waals surface area contributed by atoms with Gasteiger partial charge < -0.3 is 15.5 Å². The zero-order valence-corrected chi connectivity index (χ0v) is 14.9. The number of nitrogens with zero attached hydrogens (tertiary/aromatic N) is 3. The molecule has 1 aromatic heterocycles. The Hall–Kier alpha value is -1.33. The Morgan fingerprint density at radius 3 is 3.00 bits per heavy atom. The summed E-state index contributed by atoms with van der Waals surface area (Å²) >= 11 is 5.80. The van der Waals surface area contributed by atoms with Crippen molar-refractivity contribution < 1.29 is 0 Å². The van der Waals surface area contributed by atoms with Gasteiger partial charge in [-0.05, 0) is 49.9 Å². The van der Waals surface area contributed by atoms with Crippen LogP contribution >= 0.6 is 11.6 Å². The molecule has 0 aromatic carbocycles. The summed E-state index contributed by atoms with van der Waals surface area (Å²) in [6, 6.07) is 3.83. The monoisotopic (exact) mass is 337 g/mol. The average molecular weight is 338 g/mol. The lowest BCUT2D eigenvalue weighted by molar-refractivity contribution is 0.183. The van der Waals surface area contributed by atoms with Crippen LogP contribution in [0.5, 0.6) is 0 Å². The van der Waals surface area contributed by atoms with Crippen molar-refractivity contribution in [2.45, 2.75) is 26.2 Å². The second-order valence-electron chi connectivity index (χ2n) is 6.02. The van der Waals surface area contributed by atoms with Crippen molar-refractivity contribution in [2.24, 2.45) is 10.9 Å². The second-order valence-corrected chi connectivity index (χ2v) is 6.41. The minimum Gasteiger partial charge on any atom is -0.356 e. The standard InChI is InChI=1S/C17H28ClN5/c1-3-23-10-4-5-15(13-23)12-22-17(19-2)20-9-8-14-6-7-16(18)21-11-14/h6-7,11,15H,3-5,8-10,12-13H2,1-2H3,(H2,19,20,22). The van der Waals surface area contributed by atoms with Crippen LogP contribution < -0.4 is 10.6 Å². The molecule has 1 aliphatic heterocycles. The van der Waals surface area contributed by atoms with Gasteiger partial charge in [-0.25, -0.2) is 4.98 Å². The highest BCUT2D eigenvalue weighted by Gasteiger charge is 2.18. The first-order valence-electron chi connectivity index (χ1n) is 8.48. The highest BCUT2D eigenvalue weighted by Crippen LogP contribution is 2.15. The largest absolute Gasteiger partial charge is 0.356 e. The molecule has 1 aliphatic rings. The fraction of sp³-hybridized carbons (Fsp3) is 0.647. The van der Waals surface area contributed by atoms with Crippen LogP contribution in [0.1, 0.15) is 25.3 Å². The molecule has 2 N–H and O–H groups in total. The molecule has 1 unspecified atom stereocenters. The number of rotatable bonds is 6. The van der Waals surface area contributed by atoms with Crippen LogP contribution in [-0.2, 0) is 6.42 Å². The molecular formula is C17H28ClN5. The zero-order chi connectivity index (χ0) is 16.5. The number of aromatic nitrogens is 1. The number of piperidine rings is 1. The van der Waals surface area contributed by atoms with Gasteiger partial charge in [0.15, 0.2) is 5.96 Å². The van der Waals surface area contributed by atoms with E-state index in [4.69, 9.17) is 11.6 Å². The quantitative estimate of drug-likeness (QED) is 0.474. The van der Waals surface area contributed by atoms with Gasteiger partial charge in [-0.3, -0.25) is 4.99 Å². The van der Waals surface area contributed by atoms with Crippen molar-refractivity contribution in [3.8, 4) is 0 Å². The van der Waals surface area contributed by atoms with Gasteiger partial charge in [-0.15, -0.1) is 0 Å². The molecule has 1 atom stereocenters. The van der Waals surface area contributed by atoms with Gasteiger partial charge in [0.2, 0.25) is 0 Å². The number of pyridine rings is 1. The zero-order valence-electron chi connectivity index (χ0n) is 14.2. The third kappa shape index (κ3) is 6.36. The summed E-state index contributed by atoms with van der Waals surface area (Å²) in [5, 5.41) is 7.35. The Balaban J connectivity index is 1.68. The van der Waals surface area contributed by atoms with Crippen molar-refractivity contribution in [2.75, 3.05) is 39.8 Å². The molecular weight excluding hydrogens is 310 g/mol. The van der Waals surface area contributed by atoms with Crippen molar-refractivity contribution in [3.63, 3.8) is 0 Å². The number of hydrogen-bond donors (Lipinski definition) is 2. The first-order valence-corrected chi connectivity index (χ1v) is 8.86. The van der Waals surface area contributed by atoms with Crippen LogP contribution in [0.3, 0.4) is 0 Å². The molecule has 2 heterocycles. The Labute approximate surface area is 144 Å².